The predicted octanol–water partition coefficient (Wildman–Crippen LogP) is 5.40. The third-order valence-electron chi connectivity index (χ3n) is 5.87. The first-order chi connectivity index (χ1) is 16.4. The number of hydrogen-bond donors (Lipinski definition) is 2. The summed E-state index contributed by atoms with van der Waals surface area (Å²) < 4.78 is 22.2. The fraction of sp³-hybridized carbons (Fsp3) is 0.259. The lowest BCUT2D eigenvalue weighted by Crippen LogP contribution is -2.17. The number of aliphatic hydroxyl groups is 1. The number of amides is 1. The molecule has 0 radical (unpaired) electrons. The molecule has 8 heteroatoms. The standard InChI is InChI=1S/C27H27FN2O4S/c1-14-7-18(28)8-15(2)23(14)34-19-10-16(9-17(11-19)27(3,4)33)21-13-30(6)26(32)20-12-22(25(31)29-5)35-24(20)21/h7-13,33H,1-6H3,(H,29,31). The smallest absolute Gasteiger partial charge is 0.261 e. The Morgan fingerprint density at radius 1 is 1.11 bits per heavy atom. The summed E-state index contributed by atoms with van der Waals surface area (Å²) in [6.07, 6.45) is 1.72. The van der Waals surface area contributed by atoms with E-state index in [9.17, 15) is 19.1 Å². The van der Waals surface area contributed by atoms with Gasteiger partial charge in [0.1, 0.15) is 17.3 Å². The molecule has 2 aromatic carbocycles. The van der Waals surface area contributed by atoms with Crippen LogP contribution in [0.1, 0.15) is 40.2 Å². The zero-order valence-corrected chi connectivity index (χ0v) is 21.3. The largest absolute Gasteiger partial charge is 0.457 e. The number of carbonyl (C=O) groups excluding carboxylic acids is 1. The number of pyridine rings is 1. The van der Waals surface area contributed by atoms with Crippen LogP contribution in [0.15, 0.2) is 47.4 Å². The molecule has 0 atom stereocenters. The highest BCUT2D eigenvalue weighted by molar-refractivity contribution is 7.21. The molecule has 4 rings (SSSR count). The van der Waals surface area contributed by atoms with Gasteiger partial charge in [-0.15, -0.1) is 11.3 Å². The topological polar surface area (TPSA) is 80.6 Å². The molecule has 0 aliphatic carbocycles. The van der Waals surface area contributed by atoms with Crippen molar-refractivity contribution in [3.63, 3.8) is 0 Å². The Kier molecular flexibility index (Phi) is 6.29. The van der Waals surface area contributed by atoms with Gasteiger partial charge in [-0.1, -0.05) is 0 Å². The van der Waals surface area contributed by atoms with Crippen molar-refractivity contribution < 1.29 is 19.0 Å². The summed E-state index contributed by atoms with van der Waals surface area (Å²) in [6, 6.07) is 9.82. The van der Waals surface area contributed by atoms with Gasteiger partial charge in [0, 0.05) is 30.6 Å². The third-order valence-corrected chi connectivity index (χ3v) is 7.04. The lowest BCUT2D eigenvalue weighted by Gasteiger charge is -2.21. The van der Waals surface area contributed by atoms with Crippen LogP contribution in [0.4, 0.5) is 4.39 Å². The van der Waals surface area contributed by atoms with Gasteiger partial charge in [0.25, 0.3) is 11.5 Å². The van der Waals surface area contributed by atoms with Crippen molar-refractivity contribution >= 4 is 27.3 Å². The van der Waals surface area contributed by atoms with E-state index in [4.69, 9.17) is 4.74 Å². The molecular weight excluding hydrogens is 467 g/mol. The van der Waals surface area contributed by atoms with Crippen LogP contribution in [0, 0.1) is 19.7 Å². The first kappa shape index (κ1) is 24.6. The van der Waals surface area contributed by atoms with Crippen molar-refractivity contribution in [1.82, 2.24) is 9.88 Å². The summed E-state index contributed by atoms with van der Waals surface area (Å²) >= 11 is 1.23. The van der Waals surface area contributed by atoms with E-state index in [-0.39, 0.29) is 17.3 Å². The summed E-state index contributed by atoms with van der Waals surface area (Å²) in [5, 5.41) is 13.8. The van der Waals surface area contributed by atoms with E-state index in [0.717, 1.165) is 5.56 Å². The summed E-state index contributed by atoms with van der Waals surface area (Å²) in [4.78, 5) is 25.5. The Balaban J connectivity index is 1.96. The van der Waals surface area contributed by atoms with Crippen molar-refractivity contribution in [2.75, 3.05) is 7.05 Å². The van der Waals surface area contributed by atoms with Crippen LogP contribution in [-0.4, -0.2) is 22.6 Å². The lowest BCUT2D eigenvalue weighted by molar-refractivity contribution is 0.0784. The number of rotatable bonds is 5. The van der Waals surface area contributed by atoms with E-state index >= 15 is 0 Å². The lowest BCUT2D eigenvalue weighted by atomic mass is 9.94. The van der Waals surface area contributed by atoms with Crippen LogP contribution < -0.4 is 15.6 Å². The van der Waals surface area contributed by atoms with E-state index in [1.54, 1.807) is 60.1 Å². The second-order valence-corrected chi connectivity index (χ2v) is 10.2. The molecule has 0 bridgehead atoms. The number of fused-ring (bicyclic) bond motifs is 1. The van der Waals surface area contributed by atoms with Gasteiger partial charge in [-0.2, -0.15) is 0 Å². The third kappa shape index (κ3) is 4.72. The van der Waals surface area contributed by atoms with Crippen molar-refractivity contribution in [3.05, 3.63) is 80.3 Å². The van der Waals surface area contributed by atoms with Gasteiger partial charge in [0.2, 0.25) is 0 Å². The Hall–Kier alpha value is -3.49. The number of aromatic nitrogens is 1. The minimum atomic E-state index is -1.18. The second-order valence-electron chi connectivity index (χ2n) is 9.17. The second kappa shape index (κ2) is 8.94. The number of benzene rings is 2. The average Bonchev–Trinajstić information content (AvgIpc) is 3.23. The summed E-state index contributed by atoms with van der Waals surface area (Å²) in [5.74, 6) is 0.391. The van der Waals surface area contributed by atoms with E-state index in [2.05, 4.69) is 5.32 Å². The van der Waals surface area contributed by atoms with Crippen LogP contribution in [0.3, 0.4) is 0 Å². The molecule has 0 fully saturated rings. The van der Waals surface area contributed by atoms with E-state index in [1.807, 2.05) is 12.1 Å². The fourth-order valence-electron chi connectivity index (χ4n) is 4.03. The highest BCUT2D eigenvalue weighted by atomic mass is 32.1. The Bertz CT molecular complexity index is 1510. The first-order valence-electron chi connectivity index (χ1n) is 11.1. The van der Waals surface area contributed by atoms with E-state index < -0.39 is 5.60 Å². The average molecular weight is 495 g/mol. The number of nitrogens with one attached hydrogen (secondary N) is 1. The number of ether oxygens (including phenoxy) is 1. The number of nitrogens with zero attached hydrogens (tertiary/aromatic N) is 1. The Labute approximate surface area is 206 Å². The molecule has 0 aliphatic heterocycles. The minimum absolute atomic E-state index is 0.206. The number of halogens is 1. The van der Waals surface area contributed by atoms with Crippen molar-refractivity contribution in [2.24, 2.45) is 7.05 Å². The zero-order chi connectivity index (χ0) is 25.7. The van der Waals surface area contributed by atoms with E-state index in [1.165, 1.54) is 28.0 Å². The van der Waals surface area contributed by atoms with Gasteiger partial charge in [0.05, 0.1) is 15.9 Å². The van der Waals surface area contributed by atoms with Crippen molar-refractivity contribution in [3.8, 4) is 22.6 Å². The first-order valence-corrected chi connectivity index (χ1v) is 11.9. The van der Waals surface area contributed by atoms with Gasteiger partial charge >= 0.3 is 0 Å². The normalized spacial score (nSPS) is 11.7. The molecule has 1 amide bonds. The number of hydrogen-bond acceptors (Lipinski definition) is 5. The maximum Gasteiger partial charge on any atom is 0.261 e. The number of thiophene rings is 1. The SMILES string of the molecule is CNC(=O)c1cc2c(=O)n(C)cc(-c3cc(Oc4c(C)cc(F)cc4C)cc(C(C)(C)O)c3)c2s1. The minimum Gasteiger partial charge on any atom is -0.457 e. The quantitative estimate of drug-likeness (QED) is 0.389. The van der Waals surface area contributed by atoms with Crippen molar-refractivity contribution in [2.45, 2.75) is 33.3 Å². The maximum absolute atomic E-state index is 13.8. The summed E-state index contributed by atoms with van der Waals surface area (Å²) in [7, 11) is 3.20. The molecule has 182 valence electrons. The molecule has 0 unspecified atom stereocenters. The van der Waals surface area contributed by atoms with Crippen LogP contribution in [0.5, 0.6) is 11.5 Å². The molecule has 2 heterocycles. The fourth-order valence-corrected chi connectivity index (χ4v) is 5.16. The van der Waals surface area contributed by atoms with Gasteiger partial charge in [-0.3, -0.25) is 9.59 Å². The van der Waals surface area contributed by atoms with Crippen LogP contribution >= 0.6 is 11.3 Å². The Morgan fingerprint density at radius 2 is 1.77 bits per heavy atom. The molecule has 6 nitrogen and oxygen atoms in total. The van der Waals surface area contributed by atoms with Gasteiger partial charge in [-0.25, -0.2) is 4.39 Å². The molecular formula is C27H27FN2O4S. The highest BCUT2D eigenvalue weighted by Crippen LogP contribution is 2.39. The van der Waals surface area contributed by atoms with Crippen molar-refractivity contribution in [1.29, 1.82) is 0 Å². The molecule has 0 saturated heterocycles. The highest BCUT2D eigenvalue weighted by Gasteiger charge is 2.22. The van der Waals surface area contributed by atoms with Gasteiger partial charge < -0.3 is 19.7 Å². The van der Waals surface area contributed by atoms with Crippen LogP contribution in [0.25, 0.3) is 21.2 Å². The molecule has 0 aliphatic rings. The van der Waals surface area contributed by atoms with Crippen LogP contribution in [0.2, 0.25) is 0 Å². The molecule has 2 aromatic heterocycles. The molecule has 4 aromatic rings. The summed E-state index contributed by atoms with van der Waals surface area (Å²) in [6.45, 7) is 6.90. The number of aryl methyl sites for hydroxylation is 3. The molecule has 2 N–H and O–H groups in total. The number of carbonyl (C=O) groups is 1. The zero-order valence-electron chi connectivity index (χ0n) is 20.4. The molecule has 0 saturated carbocycles. The van der Waals surface area contributed by atoms with E-state index in [0.29, 0.717) is 48.7 Å². The van der Waals surface area contributed by atoms with Gasteiger partial charge in [-0.05, 0) is 86.3 Å². The monoisotopic (exact) mass is 494 g/mol. The summed E-state index contributed by atoms with van der Waals surface area (Å²) in [5.41, 5.74) is 1.96. The van der Waals surface area contributed by atoms with Gasteiger partial charge in [0.15, 0.2) is 0 Å². The molecule has 0 spiro atoms. The predicted molar refractivity (Wildman–Crippen MR) is 137 cm³/mol. The maximum atomic E-state index is 13.8. The molecule has 35 heavy (non-hydrogen) atoms. The van der Waals surface area contributed by atoms with Crippen LogP contribution in [-0.2, 0) is 12.6 Å². The Morgan fingerprint density at radius 3 is 2.37 bits per heavy atom.